The van der Waals surface area contributed by atoms with E-state index in [9.17, 15) is 0 Å². The maximum Gasteiger partial charge on any atom is 0.403 e. The van der Waals surface area contributed by atoms with Gasteiger partial charge in [-0.1, -0.05) is 35.4 Å². The van der Waals surface area contributed by atoms with Crippen LogP contribution in [0.4, 0.5) is 17.3 Å². The third-order valence-corrected chi connectivity index (χ3v) is 3.81. The SMILES string of the molecule is CN(Cc1ccccc1)c1ccc(N=Nc2n(C)nc[n+]2C)cc1.[Cl-]. The van der Waals surface area contributed by atoms with E-state index in [1.165, 1.54) is 5.56 Å². The highest BCUT2D eigenvalue weighted by Gasteiger charge is 2.11. The fourth-order valence-corrected chi connectivity index (χ4v) is 2.45. The summed E-state index contributed by atoms with van der Waals surface area (Å²) in [5, 5.41) is 12.7. The smallest absolute Gasteiger partial charge is 0.403 e. The number of hydrogen-bond donors (Lipinski definition) is 0. The molecule has 0 saturated carbocycles. The van der Waals surface area contributed by atoms with Gasteiger partial charge in [0.15, 0.2) is 0 Å². The highest BCUT2D eigenvalue weighted by molar-refractivity contribution is 5.52. The molecule has 0 amide bonds. The number of rotatable bonds is 5. The molecule has 1 aromatic heterocycles. The van der Waals surface area contributed by atoms with E-state index in [0.717, 1.165) is 17.9 Å². The molecule has 0 atom stereocenters. The van der Waals surface area contributed by atoms with Gasteiger partial charge in [0.25, 0.3) is 0 Å². The molecule has 2 aromatic carbocycles. The van der Waals surface area contributed by atoms with Crippen LogP contribution in [-0.4, -0.2) is 16.8 Å². The Balaban J connectivity index is 0.00000225. The largest absolute Gasteiger partial charge is 1.00 e. The van der Waals surface area contributed by atoms with Crippen molar-refractivity contribution in [3.05, 3.63) is 66.5 Å². The summed E-state index contributed by atoms with van der Waals surface area (Å²) in [5.41, 5.74) is 3.24. The lowest BCUT2D eigenvalue weighted by Gasteiger charge is -2.19. The fraction of sp³-hybridized carbons (Fsp3) is 0.222. The number of halogens is 1. The van der Waals surface area contributed by atoms with E-state index in [0.29, 0.717) is 5.95 Å². The summed E-state index contributed by atoms with van der Waals surface area (Å²) < 4.78 is 3.51. The average molecular weight is 357 g/mol. The Labute approximate surface area is 153 Å². The molecule has 0 N–H and O–H groups in total. The van der Waals surface area contributed by atoms with E-state index < -0.39 is 0 Å². The van der Waals surface area contributed by atoms with Crippen LogP contribution in [0, 0.1) is 0 Å². The maximum absolute atomic E-state index is 4.28. The van der Waals surface area contributed by atoms with Crippen LogP contribution in [0.15, 0.2) is 71.2 Å². The molecule has 25 heavy (non-hydrogen) atoms. The van der Waals surface area contributed by atoms with Crippen LogP contribution in [-0.2, 0) is 20.6 Å². The van der Waals surface area contributed by atoms with Crippen molar-refractivity contribution >= 4 is 17.3 Å². The molecule has 0 unspecified atom stereocenters. The molecule has 7 heteroatoms. The van der Waals surface area contributed by atoms with Crippen LogP contribution in [0.25, 0.3) is 0 Å². The molecule has 0 saturated heterocycles. The zero-order valence-corrected chi connectivity index (χ0v) is 15.3. The lowest BCUT2D eigenvalue weighted by Crippen LogP contribution is -3.00. The van der Waals surface area contributed by atoms with Crippen molar-refractivity contribution in [1.82, 2.24) is 9.78 Å². The normalized spacial score (nSPS) is 10.7. The summed E-state index contributed by atoms with van der Waals surface area (Å²) in [6.07, 6.45) is 1.70. The van der Waals surface area contributed by atoms with Gasteiger partial charge < -0.3 is 17.3 Å². The van der Waals surface area contributed by atoms with E-state index in [1.54, 1.807) is 11.0 Å². The lowest BCUT2D eigenvalue weighted by molar-refractivity contribution is -0.659. The quantitative estimate of drug-likeness (QED) is 0.488. The van der Waals surface area contributed by atoms with Crippen LogP contribution in [0.2, 0.25) is 0 Å². The van der Waals surface area contributed by atoms with Crippen molar-refractivity contribution < 1.29 is 17.0 Å². The van der Waals surface area contributed by atoms with Crippen molar-refractivity contribution in [2.45, 2.75) is 6.54 Å². The number of aromatic nitrogens is 3. The van der Waals surface area contributed by atoms with Gasteiger partial charge in [-0.25, -0.2) is 4.57 Å². The van der Waals surface area contributed by atoms with Gasteiger partial charge in [0.1, 0.15) is 0 Å². The molecule has 3 aromatic rings. The zero-order chi connectivity index (χ0) is 16.9. The lowest BCUT2D eigenvalue weighted by atomic mass is 10.2. The van der Waals surface area contributed by atoms with Crippen molar-refractivity contribution in [3.8, 4) is 0 Å². The molecule has 0 spiro atoms. The van der Waals surface area contributed by atoms with Crippen molar-refractivity contribution in [2.75, 3.05) is 11.9 Å². The summed E-state index contributed by atoms with van der Waals surface area (Å²) in [6, 6.07) is 18.5. The van der Waals surface area contributed by atoms with E-state index in [1.807, 2.05) is 36.9 Å². The Kier molecular flexibility index (Phi) is 6.25. The molecule has 130 valence electrons. The second-order valence-corrected chi connectivity index (χ2v) is 5.72. The first kappa shape index (κ1) is 18.6. The Morgan fingerprint density at radius 2 is 1.72 bits per heavy atom. The van der Waals surface area contributed by atoms with Gasteiger partial charge in [0, 0.05) is 24.4 Å². The van der Waals surface area contributed by atoms with Gasteiger partial charge in [-0.05, 0) is 34.9 Å². The highest BCUT2D eigenvalue weighted by atomic mass is 35.5. The molecular formula is C18H21ClN6. The monoisotopic (exact) mass is 356 g/mol. The first-order valence-corrected chi connectivity index (χ1v) is 7.78. The van der Waals surface area contributed by atoms with Gasteiger partial charge in [0.2, 0.25) is 6.33 Å². The number of benzene rings is 2. The maximum atomic E-state index is 4.28. The molecule has 0 aliphatic heterocycles. The first-order chi connectivity index (χ1) is 11.6. The van der Waals surface area contributed by atoms with Crippen molar-refractivity contribution in [3.63, 3.8) is 0 Å². The van der Waals surface area contributed by atoms with Gasteiger partial charge >= 0.3 is 5.95 Å². The van der Waals surface area contributed by atoms with Crippen LogP contribution >= 0.6 is 0 Å². The number of nitrogens with zero attached hydrogens (tertiary/aromatic N) is 6. The predicted molar refractivity (Wildman–Crippen MR) is 93.6 cm³/mol. The minimum Gasteiger partial charge on any atom is -1.00 e. The summed E-state index contributed by atoms with van der Waals surface area (Å²) >= 11 is 0. The Morgan fingerprint density at radius 3 is 2.32 bits per heavy atom. The molecule has 0 radical (unpaired) electrons. The standard InChI is InChI=1S/C18H21N6.ClH/c1-22(13-15-7-5-4-6-8-15)17-11-9-16(10-12-17)20-21-18-23(2)14-19-24(18)3;/h4-12,14H,13H2,1-3H3;1H/q+1;/p-1. The molecule has 1 heterocycles. The van der Waals surface area contributed by atoms with Gasteiger partial charge in [-0.3, -0.25) is 0 Å². The molecule has 6 nitrogen and oxygen atoms in total. The van der Waals surface area contributed by atoms with E-state index >= 15 is 0 Å². The number of anilines is 1. The second-order valence-electron chi connectivity index (χ2n) is 5.72. The minimum atomic E-state index is 0. The summed E-state index contributed by atoms with van der Waals surface area (Å²) in [7, 11) is 5.82. The number of aryl methyl sites for hydroxylation is 2. The second kappa shape index (κ2) is 8.39. The van der Waals surface area contributed by atoms with Crippen molar-refractivity contribution in [2.24, 2.45) is 24.3 Å². The van der Waals surface area contributed by atoms with E-state index in [-0.39, 0.29) is 12.4 Å². The van der Waals surface area contributed by atoms with Crippen LogP contribution in [0.5, 0.6) is 0 Å². The van der Waals surface area contributed by atoms with Gasteiger partial charge in [-0.2, -0.15) is 0 Å². The number of hydrogen-bond acceptors (Lipinski definition) is 4. The van der Waals surface area contributed by atoms with Crippen LogP contribution < -0.4 is 21.9 Å². The Morgan fingerprint density at radius 1 is 1.04 bits per heavy atom. The molecule has 0 aliphatic carbocycles. The zero-order valence-electron chi connectivity index (χ0n) is 14.5. The van der Waals surface area contributed by atoms with Gasteiger partial charge in [0.05, 0.1) is 19.8 Å². The molecule has 0 fully saturated rings. The third kappa shape index (κ3) is 4.64. The fourth-order valence-electron chi connectivity index (χ4n) is 2.45. The predicted octanol–water partition coefficient (Wildman–Crippen LogP) is 0.300. The minimum absolute atomic E-state index is 0. The first-order valence-electron chi connectivity index (χ1n) is 7.78. The average Bonchev–Trinajstić information content (AvgIpc) is 2.92. The topological polar surface area (TPSA) is 49.7 Å². The Bertz CT molecular complexity index is 807. The van der Waals surface area contributed by atoms with Crippen LogP contribution in [0.3, 0.4) is 0 Å². The summed E-state index contributed by atoms with van der Waals surface area (Å²) in [4.78, 5) is 2.21. The van der Waals surface area contributed by atoms with Crippen molar-refractivity contribution in [1.29, 1.82) is 0 Å². The summed E-state index contributed by atoms with van der Waals surface area (Å²) in [6.45, 7) is 0.868. The molecule has 0 aliphatic rings. The molecule has 3 rings (SSSR count). The highest BCUT2D eigenvalue weighted by Crippen LogP contribution is 2.21. The molecule has 0 bridgehead atoms. The van der Waals surface area contributed by atoms with E-state index in [4.69, 9.17) is 0 Å². The van der Waals surface area contributed by atoms with Gasteiger partial charge in [-0.15, -0.1) is 4.68 Å². The Hall–Kier alpha value is -2.73. The molecular weight excluding hydrogens is 336 g/mol. The third-order valence-electron chi connectivity index (χ3n) is 3.81. The number of azo groups is 1. The van der Waals surface area contributed by atoms with Crippen LogP contribution in [0.1, 0.15) is 5.56 Å². The van der Waals surface area contributed by atoms with E-state index in [2.05, 4.69) is 63.7 Å². The summed E-state index contributed by atoms with van der Waals surface area (Å²) in [5.74, 6) is 0.695.